The Morgan fingerprint density at radius 2 is 1.68 bits per heavy atom. The van der Waals surface area contributed by atoms with E-state index in [9.17, 15) is 9.90 Å². The molecular weight excluding hydrogens is 476 g/mol. The summed E-state index contributed by atoms with van der Waals surface area (Å²) in [4.78, 5) is 12.9. The van der Waals surface area contributed by atoms with Crippen LogP contribution in [0, 0.1) is 5.92 Å². The van der Waals surface area contributed by atoms with Gasteiger partial charge in [0, 0.05) is 42.5 Å². The first-order valence-electron chi connectivity index (χ1n) is 12.2. The lowest BCUT2D eigenvalue weighted by atomic mass is 9.79. The van der Waals surface area contributed by atoms with E-state index >= 15 is 0 Å². The van der Waals surface area contributed by atoms with Crippen molar-refractivity contribution in [1.29, 1.82) is 0 Å². The highest BCUT2D eigenvalue weighted by Crippen LogP contribution is 2.55. The molecule has 0 amide bonds. The van der Waals surface area contributed by atoms with Gasteiger partial charge in [-0.05, 0) is 53.4 Å². The smallest absolute Gasteiger partial charge is 0.231 e. The zero-order valence-corrected chi connectivity index (χ0v) is 21.0. The fraction of sp³-hybridized carbons (Fsp3) is 0.345. The molecule has 0 radical (unpaired) electrons. The zero-order valence-electron chi connectivity index (χ0n) is 21.0. The van der Waals surface area contributed by atoms with Gasteiger partial charge in [-0.25, -0.2) is 0 Å². The number of carbonyl (C=O) groups excluding carboxylic acids is 1. The highest BCUT2D eigenvalue weighted by atomic mass is 16.7. The predicted molar refractivity (Wildman–Crippen MR) is 132 cm³/mol. The standard InChI is InChI=1S/C29H30O8/c1-4-11-34-19-7-8-20-22(13-19)27(21-9-6-18(33-3)14-24(21)35-15-32-2)28(29(30)31)26(20)17-5-10-23-25(12-17)37-16-36-23/h5-10,12-14,26-28H,4,11,15-16H2,1-3H3,(H,30,31)/p-1. The lowest BCUT2D eigenvalue weighted by Crippen LogP contribution is -2.36. The number of methoxy groups -OCH3 is 2. The van der Waals surface area contributed by atoms with Crippen molar-refractivity contribution in [3.8, 4) is 28.7 Å². The number of hydrogen-bond donors (Lipinski definition) is 0. The van der Waals surface area contributed by atoms with Gasteiger partial charge in [-0.3, -0.25) is 0 Å². The van der Waals surface area contributed by atoms with Gasteiger partial charge in [0.1, 0.15) is 17.2 Å². The molecule has 3 aromatic rings. The van der Waals surface area contributed by atoms with Crippen molar-refractivity contribution < 1.29 is 38.3 Å². The van der Waals surface area contributed by atoms with E-state index in [0.717, 1.165) is 23.1 Å². The summed E-state index contributed by atoms with van der Waals surface area (Å²) in [6, 6.07) is 16.7. The number of hydrogen-bond acceptors (Lipinski definition) is 8. The first-order chi connectivity index (χ1) is 18.0. The number of rotatable bonds is 10. The zero-order chi connectivity index (χ0) is 25.9. The number of fused-ring (bicyclic) bond motifs is 2. The van der Waals surface area contributed by atoms with Crippen molar-refractivity contribution in [2.45, 2.75) is 25.2 Å². The van der Waals surface area contributed by atoms with E-state index < -0.39 is 23.7 Å². The van der Waals surface area contributed by atoms with E-state index in [-0.39, 0.29) is 13.6 Å². The van der Waals surface area contributed by atoms with Crippen LogP contribution in [-0.4, -0.2) is 40.4 Å². The van der Waals surface area contributed by atoms with E-state index in [4.69, 9.17) is 28.4 Å². The van der Waals surface area contributed by atoms with Gasteiger partial charge in [-0.15, -0.1) is 0 Å². The van der Waals surface area contributed by atoms with Gasteiger partial charge >= 0.3 is 0 Å². The minimum absolute atomic E-state index is 0.000965. The second kappa shape index (κ2) is 10.6. The Bertz CT molecular complexity index is 1290. The highest BCUT2D eigenvalue weighted by molar-refractivity contribution is 5.77. The molecule has 3 atom stereocenters. The second-order valence-electron chi connectivity index (χ2n) is 9.01. The molecule has 0 saturated heterocycles. The summed E-state index contributed by atoms with van der Waals surface area (Å²) in [6.07, 6.45) is 0.857. The van der Waals surface area contributed by atoms with Crippen LogP contribution in [0.15, 0.2) is 54.6 Å². The van der Waals surface area contributed by atoms with Gasteiger partial charge in [0.15, 0.2) is 18.3 Å². The summed E-state index contributed by atoms with van der Waals surface area (Å²) in [6.45, 7) is 2.73. The van der Waals surface area contributed by atoms with Gasteiger partial charge in [0.05, 0.1) is 13.7 Å². The van der Waals surface area contributed by atoms with E-state index in [1.807, 2.05) is 49.4 Å². The normalized spacial score (nSPS) is 19.4. The summed E-state index contributed by atoms with van der Waals surface area (Å²) in [5, 5.41) is 12.9. The van der Waals surface area contributed by atoms with Crippen molar-refractivity contribution >= 4 is 5.97 Å². The predicted octanol–water partition coefficient (Wildman–Crippen LogP) is 3.84. The summed E-state index contributed by atoms with van der Waals surface area (Å²) in [5.41, 5.74) is 3.23. The topological polar surface area (TPSA) is 95.5 Å². The van der Waals surface area contributed by atoms with Crippen LogP contribution in [0.25, 0.3) is 0 Å². The average molecular weight is 506 g/mol. The van der Waals surface area contributed by atoms with Crippen LogP contribution in [0.5, 0.6) is 28.7 Å². The maximum Gasteiger partial charge on any atom is 0.231 e. The molecule has 0 bridgehead atoms. The van der Waals surface area contributed by atoms with E-state index in [1.165, 1.54) is 7.11 Å². The maximum absolute atomic E-state index is 12.9. The molecule has 8 heteroatoms. The Morgan fingerprint density at radius 1 is 0.892 bits per heavy atom. The van der Waals surface area contributed by atoms with Crippen LogP contribution in [0.1, 0.15) is 47.4 Å². The Balaban J connectivity index is 1.69. The Morgan fingerprint density at radius 3 is 2.43 bits per heavy atom. The van der Waals surface area contributed by atoms with Gasteiger partial charge < -0.3 is 38.3 Å². The highest BCUT2D eigenvalue weighted by Gasteiger charge is 2.45. The minimum Gasteiger partial charge on any atom is -0.550 e. The van der Waals surface area contributed by atoms with Crippen LogP contribution >= 0.6 is 0 Å². The number of carbonyl (C=O) groups is 1. The molecule has 0 aromatic heterocycles. The van der Waals surface area contributed by atoms with Crippen LogP contribution < -0.4 is 28.8 Å². The second-order valence-corrected chi connectivity index (χ2v) is 9.01. The molecule has 3 unspecified atom stereocenters. The first kappa shape index (κ1) is 24.8. The molecule has 0 spiro atoms. The van der Waals surface area contributed by atoms with Crippen molar-refractivity contribution in [3.63, 3.8) is 0 Å². The van der Waals surface area contributed by atoms with E-state index in [0.29, 0.717) is 40.9 Å². The molecule has 1 aliphatic carbocycles. The number of carboxylic acid groups (broad SMARTS) is 1. The number of benzene rings is 3. The third-order valence-corrected chi connectivity index (χ3v) is 6.84. The average Bonchev–Trinajstić information content (AvgIpc) is 3.52. The molecule has 37 heavy (non-hydrogen) atoms. The minimum atomic E-state index is -1.16. The molecule has 0 N–H and O–H groups in total. The first-order valence-corrected chi connectivity index (χ1v) is 12.2. The molecule has 8 nitrogen and oxygen atoms in total. The van der Waals surface area contributed by atoms with Crippen molar-refractivity contribution in [2.24, 2.45) is 5.92 Å². The molecule has 0 saturated carbocycles. The number of ether oxygens (including phenoxy) is 6. The third kappa shape index (κ3) is 4.64. The molecular formula is C29H29O8-. The summed E-state index contributed by atoms with van der Waals surface area (Å²) in [7, 11) is 3.10. The molecule has 1 aliphatic heterocycles. The van der Waals surface area contributed by atoms with Crippen LogP contribution in [0.4, 0.5) is 0 Å². The Hall–Kier alpha value is -3.91. The fourth-order valence-electron chi connectivity index (χ4n) is 5.27. The molecule has 2 aliphatic rings. The van der Waals surface area contributed by atoms with Gasteiger partial charge in [0.25, 0.3) is 0 Å². The van der Waals surface area contributed by atoms with Gasteiger partial charge in [0.2, 0.25) is 6.79 Å². The summed E-state index contributed by atoms with van der Waals surface area (Å²) in [5.74, 6) is -0.158. The number of aliphatic carboxylic acids is 1. The molecule has 3 aromatic carbocycles. The van der Waals surface area contributed by atoms with Crippen molar-refractivity contribution in [2.75, 3.05) is 34.4 Å². The fourth-order valence-corrected chi connectivity index (χ4v) is 5.27. The monoisotopic (exact) mass is 505 g/mol. The Labute approximate surface area is 215 Å². The SMILES string of the molecule is CCCOc1ccc2c(c1)C(c1ccc(OC)cc1OCOC)C(C(=O)[O-])C2c1ccc2c(c1)OCO2. The summed E-state index contributed by atoms with van der Waals surface area (Å²) >= 11 is 0. The maximum atomic E-state index is 12.9. The van der Waals surface area contributed by atoms with Crippen molar-refractivity contribution in [1.82, 2.24) is 0 Å². The lowest BCUT2D eigenvalue weighted by molar-refractivity contribution is -0.312. The van der Waals surface area contributed by atoms with Crippen LogP contribution in [0.2, 0.25) is 0 Å². The quantitative estimate of drug-likeness (QED) is 0.384. The molecule has 1 heterocycles. The van der Waals surface area contributed by atoms with Crippen molar-refractivity contribution in [3.05, 3.63) is 76.9 Å². The van der Waals surface area contributed by atoms with Gasteiger partial charge in [-0.1, -0.05) is 25.1 Å². The number of carboxylic acids is 1. The van der Waals surface area contributed by atoms with Gasteiger partial charge in [-0.2, -0.15) is 0 Å². The lowest BCUT2D eigenvalue weighted by Gasteiger charge is -2.28. The molecule has 194 valence electrons. The molecule has 0 fully saturated rings. The Kier molecular flexibility index (Phi) is 7.10. The largest absolute Gasteiger partial charge is 0.550 e. The third-order valence-electron chi connectivity index (χ3n) is 6.84. The van der Waals surface area contributed by atoms with E-state index in [1.54, 1.807) is 19.2 Å². The summed E-state index contributed by atoms with van der Waals surface area (Å²) < 4.78 is 33.4. The van der Waals surface area contributed by atoms with Crippen LogP contribution in [-0.2, 0) is 9.53 Å². The van der Waals surface area contributed by atoms with Crippen LogP contribution in [0.3, 0.4) is 0 Å². The molecule has 5 rings (SSSR count). The van der Waals surface area contributed by atoms with E-state index in [2.05, 4.69) is 0 Å².